The molecule has 1 amide bonds. The lowest BCUT2D eigenvalue weighted by Crippen LogP contribution is -2.19. The molecule has 0 aromatic heterocycles. The fourth-order valence-corrected chi connectivity index (χ4v) is 3.79. The van der Waals surface area contributed by atoms with E-state index < -0.39 is 22.1 Å². The molecule has 0 aliphatic rings. The number of sulfonamides is 1. The second-order valence-corrected chi connectivity index (χ2v) is 8.71. The lowest BCUT2D eigenvalue weighted by Gasteiger charge is -2.14. The van der Waals surface area contributed by atoms with Crippen molar-refractivity contribution in [3.05, 3.63) is 42.5 Å². The molecule has 0 aliphatic carbocycles. The Morgan fingerprint density at radius 2 is 1.72 bits per heavy atom. The fraction of sp³-hybridized carbons (Fsp3) is 0.278. The molecule has 11 heteroatoms. The van der Waals surface area contributed by atoms with Gasteiger partial charge >= 0.3 is 6.36 Å². The van der Waals surface area contributed by atoms with E-state index in [1.165, 1.54) is 23.9 Å². The Hall–Kier alpha value is -2.40. The van der Waals surface area contributed by atoms with Gasteiger partial charge in [0.2, 0.25) is 5.91 Å². The van der Waals surface area contributed by atoms with E-state index in [4.69, 9.17) is 0 Å². The normalized spacial score (nSPS) is 12.0. The number of alkyl halides is 3. The first-order valence-corrected chi connectivity index (χ1v) is 11.0. The number of amides is 1. The molecule has 2 aromatic carbocycles. The van der Waals surface area contributed by atoms with Gasteiger partial charge in [-0.1, -0.05) is 13.8 Å². The van der Waals surface area contributed by atoms with Gasteiger partial charge in [-0.05, 0) is 48.7 Å². The molecule has 6 nitrogen and oxygen atoms in total. The number of ether oxygens (including phenoxy) is 1. The van der Waals surface area contributed by atoms with Crippen molar-refractivity contribution in [1.82, 2.24) is 0 Å². The SMILES string of the molecule is CSc1ccc(S(=O)(=O)Nc2ccc(OC(F)(F)F)cc2)cc1NC(=O)C(C)C. The Bertz CT molecular complexity index is 976. The first kappa shape index (κ1) is 22.9. The van der Waals surface area contributed by atoms with Gasteiger partial charge in [0, 0.05) is 16.5 Å². The molecule has 0 aliphatic heterocycles. The summed E-state index contributed by atoms with van der Waals surface area (Å²) in [4.78, 5) is 12.6. The summed E-state index contributed by atoms with van der Waals surface area (Å²) in [5, 5.41) is 2.69. The fourth-order valence-electron chi connectivity index (χ4n) is 2.17. The molecule has 0 saturated carbocycles. The van der Waals surface area contributed by atoms with Crippen LogP contribution in [-0.4, -0.2) is 26.9 Å². The molecule has 2 aromatic rings. The number of halogens is 3. The predicted molar refractivity (Wildman–Crippen MR) is 106 cm³/mol. The molecular formula is C18H19F3N2O4S2. The second-order valence-electron chi connectivity index (χ2n) is 6.18. The minimum Gasteiger partial charge on any atom is -0.406 e. The van der Waals surface area contributed by atoms with E-state index in [9.17, 15) is 26.4 Å². The number of carbonyl (C=O) groups excluding carboxylic acids is 1. The summed E-state index contributed by atoms with van der Waals surface area (Å²) >= 11 is 1.34. The first-order valence-electron chi connectivity index (χ1n) is 8.29. The quantitative estimate of drug-likeness (QED) is 0.600. The highest BCUT2D eigenvalue weighted by molar-refractivity contribution is 7.98. The summed E-state index contributed by atoms with van der Waals surface area (Å²) in [6, 6.07) is 8.56. The Morgan fingerprint density at radius 1 is 1.10 bits per heavy atom. The molecule has 0 saturated heterocycles. The van der Waals surface area contributed by atoms with Crippen LogP contribution in [0.2, 0.25) is 0 Å². The van der Waals surface area contributed by atoms with Crippen LogP contribution in [-0.2, 0) is 14.8 Å². The standard InChI is InChI=1S/C18H19F3N2O4S2/c1-11(2)17(24)22-15-10-14(8-9-16(15)28-3)29(25,26)23-12-4-6-13(7-5-12)27-18(19,20)21/h4-11,23H,1-3H3,(H,22,24). The van der Waals surface area contributed by atoms with E-state index in [0.717, 1.165) is 24.3 Å². The first-order chi connectivity index (χ1) is 13.4. The van der Waals surface area contributed by atoms with E-state index >= 15 is 0 Å². The molecule has 2 N–H and O–H groups in total. The van der Waals surface area contributed by atoms with Gasteiger partial charge in [0.1, 0.15) is 5.75 Å². The minimum atomic E-state index is -4.84. The number of carbonyl (C=O) groups is 1. The van der Waals surface area contributed by atoms with Crippen LogP contribution < -0.4 is 14.8 Å². The van der Waals surface area contributed by atoms with E-state index in [1.54, 1.807) is 26.2 Å². The third-order valence-corrected chi connectivity index (χ3v) is 5.78. The van der Waals surface area contributed by atoms with Crippen LogP contribution >= 0.6 is 11.8 Å². The third-order valence-electron chi connectivity index (χ3n) is 3.60. The second kappa shape index (κ2) is 8.95. The van der Waals surface area contributed by atoms with Crippen LogP contribution in [0.3, 0.4) is 0 Å². The molecule has 0 fully saturated rings. The van der Waals surface area contributed by atoms with Gasteiger partial charge in [-0.2, -0.15) is 0 Å². The molecule has 0 bridgehead atoms. The highest BCUT2D eigenvalue weighted by atomic mass is 32.2. The molecule has 0 unspecified atom stereocenters. The largest absolute Gasteiger partial charge is 0.573 e. The van der Waals surface area contributed by atoms with E-state index in [-0.39, 0.29) is 22.4 Å². The summed E-state index contributed by atoms with van der Waals surface area (Å²) in [7, 11) is -4.04. The number of hydrogen-bond donors (Lipinski definition) is 2. The summed E-state index contributed by atoms with van der Waals surface area (Å²) < 4.78 is 67.9. The number of anilines is 2. The van der Waals surface area contributed by atoms with E-state index in [1.807, 2.05) is 0 Å². The van der Waals surface area contributed by atoms with Crippen molar-refractivity contribution in [2.24, 2.45) is 5.92 Å². The van der Waals surface area contributed by atoms with Gasteiger partial charge in [0.25, 0.3) is 10.0 Å². The number of thioether (sulfide) groups is 1. The predicted octanol–water partition coefficient (Wildman–Crippen LogP) is 4.70. The zero-order valence-corrected chi connectivity index (χ0v) is 17.3. The van der Waals surface area contributed by atoms with Crippen LogP contribution in [0.15, 0.2) is 52.3 Å². The Kier molecular flexibility index (Phi) is 7.06. The van der Waals surface area contributed by atoms with Crippen LogP contribution in [0.4, 0.5) is 24.5 Å². The number of hydrogen-bond acceptors (Lipinski definition) is 5. The molecule has 0 spiro atoms. The van der Waals surface area contributed by atoms with Gasteiger partial charge in [-0.15, -0.1) is 24.9 Å². The monoisotopic (exact) mass is 448 g/mol. The van der Waals surface area contributed by atoms with Crippen molar-refractivity contribution in [2.45, 2.75) is 30.0 Å². The van der Waals surface area contributed by atoms with Gasteiger partial charge in [-0.25, -0.2) is 8.42 Å². The topological polar surface area (TPSA) is 84.5 Å². The molecule has 29 heavy (non-hydrogen) atoms. The zero-order valence-electron chi connectivity index (χ0n) is 15.7. The highest BCUT2D eigenvalue weighted by Gasteiger charge is 2.31. The number of rotatable bonds is 7. The molecular weight excluding hydrogens is 429 g/mol. The summed E-state index contributed by atoms with van der Waals surface area (Å²) in [6.45, 7) is 3.42. The van der Waals surface area contributed by atoms with Crippen LogP contribution in [0, 0.1) is 5.92 Å². The van der Waals surface area contributed by atoms with Crippen molar-refractivity contribution in [3.8, 4) is 5.75 Å². The summed E-state index contributed by atoms with van der Waals surface area (Å²) in [6.07, 6.45) is -3.05. The van der Waals surface area contributed by atoms with Gasteiger partial charge in [0.05, 0.1) is 10.6 Å². The van der Waals surface area contributed by atoms with E-state index in [2.05, 4.69) is 14.8 Å². The lowest BCUT2D eigenvalue weighted by atomic mass is 10.2. The van der Waals surface area contributed by atoms with Crippen LogP contribution in [0.5, 0.6) is 5.75 Å². The average Bonchev–Trinajstić information content (AvgIpc) is 2.61. The molecule has 0 atom stereocenters. The van der Waals surface area contributed by atoms with Crippen molar-refractivity contribution < 1.29 is 31.1 Å². The third kappa shape index (κ3) is 6.57. The summed E-state index contributed by atoms with van der Waals surface area (Å²) in [5.41, 5.74) is 0.411. The van der Waals surface area contributed by atoms with E-state index in [0.29, 0.717) is 10.6 Å². The van der Waals surface area contributed by atoms with Crippen molar-refractivity contribution in [1.29, 1.82) is 0 Å². The van der Waals surface area contributed by atoms with Gasteiger partial charge < -0.3 is 10.1 Å². The lowest BCUT2D eigenvalue weighted by molar-refractivity contribution is -0.274. The smallest absolute Gasteiger partial charge is 0.406 e. The Labute approximate surface area is 170 Å². The molecule has 158 valence electrons. The Morgan fingerprint density at radius 3 is 2.24 bits per heavy atom. The van der Waals surface area contributed by atoms with Crippen molar-refractivity contribution >= 4 is 39.1 Å². The van der Waals surface area contributed by atoms with Crippen LogP contribution in [0.1, 0.15) is 13.8 Å². The zero-order chi connectivity index (χ0) is 21.8. The van der Waals surface area contributed by atoms with Gasteiger partial charge in [-0.3, -0.25) is 9.52 Å². The number of benzene rings is 2. The molecule has 0 radical (unpaired) electrons. The maximum atomic E-state index is 12.6. The highest BCUT2D eigenvalue weighted by Crippen LogP contribution is 2.30. The van der Waals surface area contributed by atoms with Crippen molar-refractivity contribution in [2.75, 3.05) is 16.3 Å². The molecule has 2 rings (SSSR count). The summed E-state index contributed by atoms with van der Waals surface area (Å²) in [5.74, 6) is -1.02. The Balaban J connectivity index is 2.25. The molecule has 0 heterocycles. The maximum absolute atomic E-state index is 12.6. The average molecular weight is 448 g/mol. The number of nitrogens with one attached hydrogen (secondary N) is 2. The maximum Gasteiger partial charge on any atom is 0.573 e. The van der Waals surface area contributed by atoms with Gasteiger partial charge in [0.15, 0.2) is 0 Å². The van der Waals surface area contributed by atoms with Crippen molar-refractivity contribution in [3.63, 3.8) is 0 Å². The minimum absolute atomic E-state index is 0.0567. The van der Waals surface area contributed by atoms with Crippen LogP contribution in [0.25, 0.3) is 0 Å².